The molecule has 0 bridgehead atoms. The largest absolute Gasteiger partial charge is 0.503 e. The summed E-state index contributed by atoms with van der Waals surface area (Å²) < 4.78 is 5.20. The van der Waals surface area contributed by atoms with Crippen molar-refractivity contribution in [1.82, 2.24) is 14.8 Å². The van der Waals surface area contributed by atoms with E-state index in [2.05, 4.69) is 23.7 Å². The molecule has 1 aliphatic rings. The molecule has 0 saturated carbocycles. The number of ketones is 1. The van der Waals surface area contributed by atoms with Gasteiger partial charge in [0.25, 0.3) is 5.91 Å². The molecule has 3 heterocycles. The van der Waals surface area contributed by atoms with Gasteiger partial charge < -0.3 is 19.3 Å². The first-order valence-electron chi connectivity index (χ1n) is 9.03. The number of pyridine rings is 1. The van der Waals surface area contributed by atoms with Crippen molar-refractivity contribution in [2.45, 2.75) is 19.9 Å². The van der Waals surface area contributed by atoms with Crippen molar-refractivity contribution in [3.63, 3.8) is 0 Å². The molecule has 0 fully saturated rings. The quantitative estimate of drug-likeness (QED) is 0.720. The van der Waals surface area contributed by atoms with Gasteiger partial charge in [0.15, 0.2) is 11.5 Å². The molecular formula is C20H23N3O4. The Morgan fingerprint density at radius 1 is 1.26 bits per heavy atom. The van der Waals surface area contributed by atoms with Gasteiger partial charge in [0.05, 0.1) is 17.9 Å². The second kappa shape index (κ2) is 8.18. The van der Waals surface area contributed by atoms with Crippen LogP contribution >= 0.6 is 0 Å². The number of carbonyl (C=O) groups excluding carboxylic acids is 2. The molecule has 2 aromatic heterocycles. The summed E-state index contributed by atoms with van der Waals surface area (Å²) in [6.07, 6.45) is 4.60. The highest BCUT2D eigenvalue weighted by atomic mass is 16.3. The van der Waals surface area contributed by atoms with Crippen LogP contribution in [0.15, 0.2) is 58.7 Å². The van der Waals surface area contributed by atoms with Gasteiger partial charge in [0.1, 0.15) is 0 Å². The fourth-order valence-electron chi connectivity index (χ4n) is 3.34. The molecule has 1 amide bonds. The van der Waals surface area contributed by atoms with Gasteiger partial charge in [-0.05, 0) is 42.9 Å². The third-order valence-electron chi connectivity index (χ3n) is 4.87. The second-order valence-electron chi connectivity index (χ2n) is 6.28. The Morgan fingerprint density at radius 2 is 1.96 bits per heavy atom. The first-order chi connectivity index (χ1) is 13.1. The van der Waals surface area contributed by atoms with Crippen molar-refractivity contribution in [2.75, 3.05) is 26.2 Å². The van der Waals surface area contributed by atoms with Crippen LogP contribution < -0.4 is 0 Å². The molecule has 27 heavy (non-hydrogen) atoms. The summed E-state index contributed by atoms with van der Waals surface area (Å²) in [4.78, 5) is 33.4. The zero-order chi connectivity index (χ0) is 19.4. The van der Waals surface area contributed by atoms with Gasteiger partial charge in [-0.25, -0.2) is 0 Å². The average molecular weight is 369 g/mol. The molecule has 0 spiro atoms. The summed E-state index contributed by atoms with van der Waals surface area (Å²) in [6.45, 7) is 6.86. The molecule has 142 valence electrons. The number of Topliss-reactive ketones (excluding diaryl/α,β-unsaturated/α-hetero) is 1. The normalized spacial score (nSPS) is 17.2. The zero-order valence-electron chi connectivity index (χ0n) is 15.5. The minimum absolute atomic E-state index is 0.0423. The number of hydrogen-bond donors (Lipinski definition) is 1. The number of amides is 1. The predicted octanol–water partition coefficient (Wildman–Crippen LogP) is 2.59. The van der Waals surface area contributed by atoms with Gasteiger partial charge in [-0.2, -0.15) is 0 Å². The van der Waals surface area contributed by atoms with E-state index in [9.17, 15) is 14.7 Å². The smallest absolute Gasteiger partial charge is 0.290 e. The van der Waals surface area contributed by atoms with E-state index in [1.807, 2.05) is 0 Å². The van der Waals surface area contributed by atoms with E-state index >= 15 is 0 Å². The molecule has 7 nitrogen and oxygen atoms in total. The molecule has 0 aliphatic carbocycles. The van der Waals surface area contributed by atoms with Crippen LogP contribution in [0.1, 0.15) is 36.0 Å². The van der Waals surface area contributed by atoms with Gasteiger partial charge in [-0.15, -0.1) is 0 Å². The maximum atomic E-state index is 12.9. The minimum atomic E-state index is -0.673. The number of rotatable bonds is 8. The lowest BCUT2D eigenvalue weighted by Gasteiger charge is -2.29. The average Bonchev–Trinajstić information content (AvgIpc) is 3.31. The molecule has 1 aliphatic heterocycles. The standard InChI is InChI=1S/C20H23N3O4/c1-3-22(4-2)11-12-23-17(14-7-9-21-10-8-14)16(19(25)20(23)26)18(24)15-6-5-13-27-15/h5-10,13,17,25H,3-4,11-12H2,1-2H3. The number of aliphatic hydroxyl groups excluding tert-OH is 1. The topological polar surface area (TPSA) is 86.9 Å². The number of aromatic nitrogens is 1. The van der Waals surface area contributed by atoms with Crippen LogP contribution in [-0.2, 0) is 4.79 Å². The van der Waals surface area contributed by atoms with E-state index < -0.39 is 23.5 Å². The van der Waals surface area contributed by atoms with Crippen LogP contribution in [0, 0.1) is 0 Å². The third kappa shape index (κ3) is 3.64. The maximum Gasteiger partial charge on any atom is 0.290 e. The van der Waals surface area contributed by atoms with Crippen LogP contribution in [0.3, 0.4) is 0 Å². The van der Waals surface area contributed by atoms with Crippen molar-refractivity contribution in [3.8, 4) is 0 Å². The summed E-state index contributed by atoms with van der Waals surface area (Å²) in [6, 6.07) is 5.94. The van der Waals surface area contributed by atoms with Crippen molar-refractivity contribution in [2.24, 2.45) is 0 Å². The van der Waals surface area contributed by atoms with E-state index in [1.165, 1.54) is 12.3 Å². The summed E-state index contributed by atoms with van der Waals surface area (Å²) in [5.41, 5.74) is 0.762. The number of carbonyl (C=O) groups is 2. The van der Waals surface area contributed by atoms with E-state index in [0.717, 1.165) is 18.7 Å². The van der Waals surface area contributed by atoms with E-state index in [4.69, 9.17) is 4.42 Å². The van der Waals surface area contributed by atoms with Crippen LogP contribution in [-0.4, -0.2) is 57.8 Å². The second-order valence-corrected chi connectivity index (χ2v) is 6.28. The Hall–Kier alpha value is -2.93. The van der Waals surface area contributed by atoms with E-state index in [0.29, 0.717) is 13.1 Å². The molecule has 0 saturated heterocycles. The third-order valence-corrected chi connectivity index (χ3v) is 4.87. The van der Waals surface area contributed by atoms with Crippen LogP contribution in [0.5, 0.6) is 0 Å². The summed E-state index contributed by atoms with van der Waals surface area (Å²) in [5.74, 6) is -1.45. The highest BCUT2D eigenvalue weighted by molar-refractivity contribution is 6.14. The summed E-state index contributed by atoms with van der Waals surface area (Å²) >= 11 is 0. The Kier molecular flexibility index (Phi) is 5.71. The summed E-state index contributed by atoms with van der Waals surface area (Å²) in [7, 11) is 0. The van der Waals surface area contributed by atoms with E-state index in [-0.39, 0.29) is 11.3 Å². The van der Waals surface area contributed by atoms with Crippen molar-refractivity contribution in [1.29, 1.82) is 0 Å². The van der Waals surface area contributed by atoms with E-state index in [1.54, 1.807) is 35.5 Å². The minimum Gasteiger partial charge on any atom is -0.503 e. The number of furan rings is 1. The van der Waals surface area contributed by atoms with Crippen LogP contribution in [0.4, 0.5) is 0 Å². The number of likely N-dealkylation sites (N-methyl/N-ethyl adjacent to an activating group) is 1. The molecule has 2 aromatic rings. The number of aliphatic hydroxyl groups is 1. The monoisotopic (exact) mass is 369 g/mol. The Bertz CT molecular complexity index is 826. The van der Waals surface area contributed by atoms with Gasteiger partial charge in [0.2, 0.25) is 5.78 Å². The molecule has 0 aromatic carbocycles. The molecule has 3 rings (SSSR count). The Balaban J connectivity index is 1.98. The lowest BCUT2D eigenvalue weighted by atomic mass is 9.96. The Morgan fingerprint density at radius 3 is 2.56 bits per heavy atom. The molecular weight excluding hydrogens is 346 g/mol. The van der Waals surface area contributed by atoms with Crippen molar-refractivity contribution >= 4 is 11.7 Å². The van der Waals surface area contributed by atoms with Crippen LogP contribution in [0.2, 0.25) is 0 Å². The molecule has 0 radical (unpaired) electrons. The van der Waals surface area contributed by atoms with Gasteiger partial charge in [-0.3, -0.25) is 14.6 Å². The number of hydrogen-bond acceptors (Lipinski definition) is 6. The van der Waals surface area contributed by atoms with Gasteiger partial charge in [0, 0.05) is 25.5 Å². The highest BCUT2D eigenvalue weighted by Crippen LogP contribution is 2.38. The summed E-state index contributed by atoms with van der Waals surface area (Å²) in [5, 5.41) is 10.5. The molecule has 1 atom stereocenters. The molecule has 1 unspecified atom stereocenters. The SMILES string of the molecule is CCN(CC)CCN1C(=O)C(O)=C(C(=O)c2ccco2)C1c1ccncc1. The van der Waals surface area contributed by atoms with Crippen LogP contribution in [0.25, 0.3) is 0 Å². The van der Waals surface area contributed by atoms with Gasteiger partial charge in [-0.1, -0.05) is 13.8 Å². The highest BCUT2D eigenvalue weighted by Gasteiger charge is 2.44. The molecule has 1 N–H and O–H groups in total. The lowest BCUT2D eigenvalue weighted by molar-refractivity contribution is -0.129. The fourth-order valence-corrected chi connectivity index (χ4v) is 3.34. The predicted molar refractivity (Wildman–Crippen MR) is 99.2 cm³/mol. The van der Waals surface area contributed by atoms with Crippen molar-refractivity contribution in [3.05, 3.63) is 65.6 Å². The Labute approximate surface area is 157 Å². The first-order valence-corrected chi connectivity index (χ1v) is 9.03. The first kappa shape index (κ1) is 18.8. The fraction of sp³-hybridized carbons (Fsp3) is 0.350. The number of nitrogens with zero attached hydrogens (tertiary/aromatic N) is 3. The molecule has 7 heteroatoms. The zero-order valence-corrected chi connectivity index (χ0v) is 15.5. The lowest BCUT2D eigenvalue weighted by Crippen LogP contribution is -2.38. The maximum absolute atomic E-state index is 12.9. The van der Waals surface area contributed by atoms with Gasteiger partial charge >= 0.3 is 0 Å². The van der Waals surface area contributed by atoms with Crippen molar-refractivity contribution < 1.29 is 19.1 Å².